The van der Waals surface area contributed by atoms with Crippen molar-refractivity contribution in [2.24, 2.45) is 5.92 Å². The van der Waals surface area contributed by atoms with Gasteiger partial charge in [0.25, 0.3) is 5.91 Å². The topological polar surface area (TPSA) is 67.2 Å². The minimum absolute atomic E-state index is 0.0931. The normalized spacial score (nSPS) is 12.5. The molecule has 0 fully saturated rings. The van der Waals surface area contributed by atoms with Gasteiger partial charge in [0.15, 0.2) is 0 Å². The molecule has 0 radical (unpaired) electrons. The Bertz CT molecular complexity index is 667. The maximum absolute atomic E-state index is 12.2. The molecule has 22 heavy (non-hydrogen) atoms. The molecule has 118 valence electrons. The number of rotatable bonds is 5. The Kier molecular flexibility index (Phi) is 5.21. The van der Waals surface area contributed by atoms with Gasteiger partial charge in [-0.3, -0.25) is 4.79 Å². The molecule has 5 nitrogen and oxygen atoms in total. The monoisotopic (exact) mass is 321 g/mol. The molecule has 6 heteroatoms. The lowest BCUT2D eigenvalue weighted by molar-refractivity contribution is 0.0871. The lowest BCUT2D eigenvalue weighted by Crippen LogP contribution is -2.34. The van der Waals surface area contributed by atoms with Crippen molar-refractivity contribution in [3.05, 3.63) is 46.7 Å². The number of aromatic nitrogens is 2. The van der Waals surface area contributed by atoms with Crippen LogP contribution in [0.15, 0.2) is 30.5 Å². The zero-order chi connectivity index (χ0) is 16.3. The highest BCUT2D eigenvalue weighted by Crippen LogP contribution is 2.18. The van der Waals surface area contributed by atoms with Gasteiger partial charge in [0, 0.05) is 11.6 Å². The lowest BCUT2D eigenvalue weighted by atomic mass is 10.1. The number of nitrogens with one attached hydrogen (secondary N) is 1. The SMILES string of the molecule is Cc1c(C(=O)NCC(O)C(C)C)cnn1-c1cccc(Cl)c1. The van der Waals surface area contributed by atoms with Crippen LogP contribution in [-0.2, 0) is 0 Å². The molecule has 2 N–H and O–H groups in total. The third-order valence-corrected chi connectivity index (χ3v) is 3.78. The van der Waals surface area contributed by atoms with E-state index in [1.165, 1.54) is 6.20 Å². The van der Waals surface area contributed by atoms with E-state index in [1.807, 2.05) is 32.9 Å². The number of benzene rings is 1. The van der Waals surface area contributed by atoms with Crippen LogP contribution in [-0.4, -0.2) is 33.4 Å². The fourth-order valence-corrected chi connectivity index (χ4v) is 2.21. The Labute approximate surface area is 134 Å². The first-order chi connectivity index (χ1) is 10.4. The van der Waals surface area contributed by atoms with Crippen LogP contribution in [0.4, 0.5) is 0 Å². The summed E-state index contributed by atoms with van der Waals surface area (Å²) in [6.07, 6.45) is 0.958. The highest BCUT2D eigenvalue weighted by Gasteiger charge is 2.17. The molecular weight excluding hydrogens is 302 g/mol. The summed E-state index contributed by atoms with van der Waals surface area (Å²) in [5.74, 6) is -0.152. The van der Waals surface area contributed by atoms with Crippen molar-refractivity contribution in [2.45, 2.75) is 26.9 Å². The van der Waals surface area contributed by atoms with Gasteiger partial charge in [-0.1, -0.05) is 31.5 Å². The van der Waals surface area contributed by atoms with Crippen molar-refractivity contribution in [3.8, 4) is 5.69 Å². The van der Waals surface area contributed by atoms with Crippen LogP contribution in [0.2, 0.25) is 5.02 Å². The highest BCUT2D eigenvalue weighted by molar-refractivity contribution is 6.30. The third kappa shape index (κ3) is 3.67. The molecule has 0 spiro atoms. The number of carbonyl (C=O) groups is 1. The van der Waals surface area contributed by atoms with Crippen molar-refractivity contribution in [2.75, 3.05) is 6.54 Å². The Balaban J connectivity index is 2.15. The Hall–Kier alpha value is -1.85. The molecule has 1 unspecified atom stereocenters. The minimum Gasteiger partial charge on any atom is -0.391 e. The molecule has 1 atom stereocenters. The molecule has 1 heterocycles. The summed E-state index contributed by atoms with van der Waals surface area (Å²) in [6, 6.07) is 7.27. The molecule has 0 bridgehead atoms. The maximum atomic E-state index is 12.2. The van der Waals surface area contributed by atoms with Gasteiger partial charge in [-0.05, 0) is 31.0 Å². The van der Waals surface area contributed by atoms with Crippen LogP contribution < -0.4 is 5.32 Å². The summed E-state index contributed by atoms with van der Waals surface area (Å²) in [7, 11) is 0. The second-order valence-corrected chi connectivity index (χ2v) is 5.99. The molecular formula is C16H20ClN3O2. The number of aliphatic hydroxyl groups is 1. The predicted molar refractivity (Wildman–Crippen MR) is 86.5 cm³/mol. The predicted octanol–water partition coefficient (Wildman–Crippen LogP) is 2.58. The van der Waals surface area contributed by atoms with Gasteiger partial charge in [-0.25, -0.2) is 4.68 Å². The Morgan fingerprint density at radius 2 is 2.18 bits per heavy atom. The van der Waals surface area contributed by atoms with E-state index in [4.69, 9.17) is 11.6 Å². The van der Waals surface area contributed by atoms with Gasteiger partial charge < -0.3 is 10.4 Å². The summed E-state index contributed by atoms with van der Waals surface area (Å²) in [5, 5.41) is 17.3. The van der Waals surface area contributed by atoms with Crippen molar-refractivity contribution >= 4 is 17.5 Å². The first-order valence-corrected chi connectivity index (χ1v) is 7.54. The first kappa shape index (κ1) is 16.5. The van der Waals surface area contributed by atoms with E-state index in [9.17, 15) is 9.90 Å². The molecule has 1 amide bonds. The van der Waals surface area contributed by atoms with E-state index in [0.29, 0.717) is 10.6 Å². The molecule has 2 rings (SSSR count). The van der Waals surface area contributed by atoms with E-state index >= 15 is 0 Å². The Morgan fingerprint density at radius 3 is 2.82 bits per heavy atom. The van der Waals surface area contributed by atoms with Crippen molar-refractivity contribution in [1.82, 2.24) is 15.1 Å². The summed E-state index contributed by atoms with van der Waals surface area (Å²) in [4.78, 5) is 12.2. The largest absolute Gasteiger partial charge is 0.391 e. The molecule has 0 saturated heterocycles. The van der Waals surface area contributed by atoms with Crippen molar-refractivity contribution < 1.29 is 9.90 Å². The van der Waals surface area contributed by atoms with Crippen molar-refractivity contribution in [3.63, 3.8) is 0 Å². The summed E-state index contributed by atoms with van der Waals surface area (Å²) >= 11 is 5.98. The van der Waals surface area contributed by atoms with Gasteiger partial charge in [0.2, 0.25) is 0 Å². The fourth-order valence-electron chi connectivity index (χ4n) is 2.03. The van der Waals surface area contributed by atoms with E-state index in [2.05, 4.69) is 10.4 Å². The molecule has 1 aromatic carbocycles. The third-order valence-electron chi connectivity index (χ3n) is 3.55. The number of hydrogen-bond donors (Lipinski definition) is 2. The van der Waals surface area contributed by atoms with Gasteiger partial charge in [-0.2, -0.15) is 5.10 Å². The molecule has 2 aromatic rings. The second-order valence-electron chi connectivity index (χ2n) is 5.56. The highest BCUT2D eigenvalue weighted by atomic mass is 35.5. The van der Waals surface area contributed by atoms with Gasteiger partial charge in [-0.15, -0.1) is 0 Å². The summed E-state index contributed by atoms with van der Waals surface area (Å²) in [6.45, 7) is 5.85. The number of nitrogens with zero attached hydrogens (tertiary/aromatic N) is 2. The van der Waals surface area contributed by atoms with E-state index in [0.717, 1.165) is 11.4 Å². The number of aliphatic hydroxyl groups excluding tert-OH is 1. The lowest BCUT2D eigenvalue weighted by Gasteiger charge is -2.14. The molecule has 0 aliphatic heterocycles. The number of hydrogen-bond acceptors (Lipinski definition) is 3. The quantitative estimate of drug-likeness (QED) is 0.889. The number of halogens is 1. The first-order valence-electron chi connectivity index (χ1n) is 7.17. The molecule has 0 aliphatic rings. The van der Waals surface area contributed by atoms with Crippen LogP contribution in [0, 0.1) is 12.8 Å². The second kappa shape index (κ2) is 6.94. The summed E-state index contributed by atoms with van der Waals surface area (Å²) < 4.78 is 1.67. The standard InChI is InChI=1S/C16H20ClN3O2/c1-10(2)15(21)9-18-16(22)14-8-19-20(11(14)3)13-6-4-5-12(17)7-13/h4-8,10,15,21H,9H2,1-3H3,(H,18,22). The van der Waals surface area contributed by atoms with E-state index < -0.39 is 6.10 Å². The van der Waals surface area contributed by atoms with Crippen LogP contribution in [0.25, 0.3) is 5.69 Å². The smallest absolute Gasteiger partial charge is 0.254 e. The van der Waals surface area contributed by atoms with Gasteiger partial charge >= 0.3 is 0 Å². The zero-order valence-corrected chi connectivity index (χ0v) is 13.6. The zero-order valence-electron chi connectivity index (χ0n) is 12.9. The molecule has 0 aliphatic carbocycles. The van der Waals surface area contributed by atoms with E-state index in [1.54, 1.807) is 16.8 Å². The van der Waals surface area contributed by atoms with Crippen molar-refractivity contribution in [1.29, 1.82) is 0 Å². The van der Waals surface area contributed by atoms with Gasteiger partial charge in [0.1, 0.15) is 0 Å². The van der Waals surface area contributed by atoms with Crippen LogP contribution in [0.5, 0.6) is 0 Å². The van der Waals surface area contributed by atoms with E-state index in [-0.39, 0.29) is 18.4 Å². The van der Waals surface area contributed by atoms with Crippen LogP contribution in [0.1, 0.15) is 29.9 Å². The maximum Gasteiger partial charge on any atom is 0.254 e. The van der Waals surface area contributed by atoms with Crippen LogP contribution >= 0.6 is 11.6 Å². The number of carbonyl (C=O) groups excluding carboxylic acids is 1. The van der Waals surface area contributed by atoms with Crippen LogP contribution in [0.3, 0.4) is 0 Å². The Morgan fingerprint density at radius 1 is 1.45 bits per heavy atom. The fraction of sp³-hybridized carbons (Fsp3) is 0.375. The van der Waals surface area contributed by atoms with Gasteiger partial charge in [0.05, 0.1) is 29.2 Å². The average molecular weight is 322 g/mol. The summed E-state index contributed by atoms with van der Waals surface area (Å²) in [5.41, 5.74) is 2.00. The molecule has 1 aromatic heterocycles. The number of amides is 1. The minimum atomic E-state index is -0.563. The molecule has 0 saturated carbocycles. The average Bonchev–Trinajstić information content (AvgIpc) is 2.86.